The molecule has 1 amide bonds. The van der Waals surface area contributed by atoms with E-state index in [2.05, 4.69) is 29.2 Å². The standard InChI is InChI=1S/C25H32N2O5/c1-25(2,3)32-24(29)27-12-9-20(10-13-27)31-23-17-30-21(14-22(23)28)16-26-11-8-18-6-4-5-7-19(18)15-26/h4-7,14,17,20H,8-13,15-16H2,1-3H3. The predicted molar refractivity (Wildman–Crippen MR) is 121 cm³/mol. The molecule has 3 heterocycles. The van der Waals surface area contributed by atoms with Gasteiger partial charge in [0.05, 0.1) is 6.54 Å². The van der Waals surface area contributed by atoms with Crippen LogP contribution in [0.25, 0.3) is 0 Å². The first-order valence-electron chi connectivity index (χ1n) is 11.3. The summed E-state index contributed by atoms with van der Waals surface area (Å²) in [4.78, 5) is 28.8. The summed E-state index contributed by atoms with van der Waals surface area (Å²) < 4.78 is 17.1. The van der Waals surface area contributed by atoms with Crippen LogP contribution >= 0.6 is 0 Å². The Morgan fingerprint density at radius 1 is 1.12 bits per heavy atom. The van der Waals surface area contributed by atoms with Gasteiger partial charge in [0, 0.05) is 45.1 Å². The molecule has 2 aromatic rings. The summed E-state index contributed by atoms with van der Waals surface area (Å²) in [5, 5.41) is 0. The van der Waals surface area contributed by atoms with E-state index in [0.29, 0.717) is 38.2 Å². The molecule has 0 N–H and O–H groups in total. The van der Waals surface area contributed by atoms with Crippen LogP contribution in [0.15, 0.2) is 45.8 Å². The van der Waals surface area contributed by atoms with Crippen molar-refractivity contribution in [2.75, 3.05) is 19.6 Å². The third kappa shape index (κ3) is 5.71. The fraction of sp³-hybridized carbons (Fsp3) is 0.520. The molecule has 1 fully saturated rings. The Hall–Kier alpha value is -2.80. The van der Waals surface area contributed by atoms with Gasteiger partial charge in [-0.3, -0.25) is 9.69 Å². The average molecular weight is 441 g/mol. The largest absolute Gasteiger partial charge is 0.483 e. The predicted octanol–water partition coefficient (Wildman–Crippen LogP) is 3.98. The van der Waals surface area contributed by atoms with Crippen LogP contribution in [0.2, 0.25) is 0 Å². The highest BCUT2D eigenvalue weighted by molar-refractivity contribution is 5.68. The monoisotopic (exact) mass is 440 g/mol. The van der Waals surface area contributed by atoms with Crippen molar-refractivity contribution >= 4 is 6.09 Å². The summed E-state index contributed by atoms with van der Waals surface area (Å²) in [6.07, 6.45) is 3.29. The maximum absolute atomic E-state index is 12.6. The number of carbonyl (C=O) groups excluding carboxylic acids is 1. The van der Waals surface area contributed by atoms with E-state index in [1.54, 1.807) is 4.90 Å². The summed E-state index contributed by atoms with van der Waals surface area (Å²) >= 11 is 0. The molecule has 2 aliphatic heterocycles. The summed E-state index contributed by atoms with van der Waals surface area (Å²) in [5.74, 6) is 0.870. The van der Waals surface area contributed by atoms with E-state index in [1.807, 2.05) is 20.8 Å². The Morgan fingerprint density at radius 3 is 2.53 bits per heavy atom. The van der Waals surface area contributed by atoms with E-state index in [9.17, 15) is 9.59 Å². The number of amides is 1. The number of carbonyl (C=O) groups is 1. The maximum Gasteiger partial charge on any atom is 0.410 e. The normalized spacial score (nSPS) is 17.7. The summed E-state index contributed by atoms with van der Waals surface area (Å²) in [7, 11) is 0. The van der Waals surface area contributed by atoms with Crippen molar-refractivity contribution in [3.05, 3.63) is 63.7 Å². The molecule has 172 valence electrons. The van der Waals surface area contributed by atoms with Crippen molar-refractivity contribution in [3.63, 3.8) is 0 Å². The third-order valence-corrected chi connectivity index (χ3v) is 5.83. The molecule has 32 heavy (non-hydrogen) atoms. The number of nitrogens with zero attached hydrogens (tertiary/aromatic N) is 2. The lowest BCUT2D eigenvalue weighted by Gasteiger charge is -2.33. The number of likely N-dealkylation sites (tertiary alicyclic amines) is 1. The molecule has 7 nitrogen and oxygen atoms in total. The van der Waals surface area contributed by atoms with Gasteiger partial charge in [-0.15, -0.1) is 0 Å². The fourth-order valence-electron chi connectivity index (χ4n) is 4.18. The Bertz CT molecular complexity index is 1000. The quantitative estimate of drug-likeness (QED) is 0.716. The van der Waals surface area contributed by atoms with Gasteiger partial charge in [-0.25, -0.2) is 4.79 Å². The average Bonchev–Trinajstić information content (AvgIpc) is 2.75. The van der Waals surface area contributed by atoms with Crippen LogP contribution < -0.4 is 10.2 Å². The molecule has 1 aromatic carbocycles. The molecular formula is C25H32N2O5. The van der Waals surface area contributed by atoms with Crippen molar-refractivity contribution in [1.82, 2.24) is 9.80 Å². The lowest BCUT2D eigenvalue weighted by atomic mass is 10.00. The van der Waals surface area contributed by atoms with Crippen molar-refractivity contribution in [3.8, 4) is 5.75 Å². The number of hydrogen-bond donors (Lipinski definition) is 0. The molecule has 0 aliphatic carbocycles. The van der Waals surface area contributed by atoms with Crippen LogP contribution in [0.3, 0.4) is 0 Å². The number of ether oxygens (including phenoxy) is 2. The fourth-order valence-corrected chi connectivity index (χ4v) is 4.18. The second-order valence-corrected chi connectivity index (χ2v) is 9.59. The Balaban J connectivity index is 1.29. The summed E-state index contributed by atoms with van der Waals surface area (Å²) in [6, 6.07) is 10.0. The zero-order valence-electron chi connectivity index (χ0n) is 19.1. The van der Waals surface area contributed by atoms with E-state index in [4.69, 9.17) is 13.9 Å². The van der Waals surface area contributed by atoms with Gasteiger partial charge in [-0.05, 0) is 38.3 Å². The molecule has 1 saturated heterocycles. The smallest absolute Gasteiger partial charge is 0.410 e. The Morgan fingerprint density at radius 2 is 1.84 bits per heavy atom. The van der Waals surface area contributed by atoms with Gasteiger partial charge in [0.2, 0.25) is 11.2 Å². The molecule has 7 heteroatoms. The first-order chi connectivity index (χ1) is 15.3. The lowest BCUT2D eigenvalue weighted by molar-refractivity contribution is 0.0123. The number of benzene rings is 1. The molecular weight excluding hydrogens is 408 g/mol. The number of hydrogen-bond acceptors (Lipinski definition) is 6. The number of piperidine rings is 1. The van der Waals surface area contributed by atoms with Crippen molar-refractivity contribution in [2.24, 2.45) is 0 Å². The highest BCUT2D eigenvalue weighted by atomic mass is 16.6. The third-order valence-electron chi connectivity index (χ3n) is 5.83. The highest BCUT2D eigenvalue weighted by Gasteiger charge is 2.28. The second-order valence-electron chi connectivity index (χ2n) is 9.59. The van der Waals surface area contributed by atoms with Crippen LogP contribution in [0.1, 0.15) is 50.5 Å². The van der Waals surface area contributed by atoms with Gasteiger partial charge >= 0.3 is 6.09 Å². The van der Waals surface area contributed by atoms with Crippen LogP contribution in [0, 0.1) is 0 Å². The zero-order chi connectivity index (χ0) is 22.7. The van der Waals surface area contributed by atoms with E-state index < -0.39 is 5.60 Å². The first kappa shape index (κ1) is 22.4. The highest BCUT2D eigenvalue weighted by Crippen LogP contribution is 2.22. The minimum atomic E-state index is -0.511. The van der Waals surface area contributed by atoms with Gasteiger partial charge < -0.3 is 18.8 Å². The van der Waals surface area contributed by atoms with Gasteiger partial charge in [-0.1, -0.05) is 24.3 Å². The topological polar surface area (TPSA) is 72.2 Å². The van der Waals surface area contributed by atoms with Gasteiger partial charge in [0.15, 0.2) is 0 Å². The first-order valence-corrected chi connectivity index (χ1v) is 11.3. The Kier molecular flexibility index (Phi) is 6.55. The molecule has 4 rings (SSSR count). The zero-order valence-corrected chi connectivity index (χ0v) is 19.1. The number of rotatable bonds is 4. The minimum absolute atomic E-state index is 0.124. The molecule has 0 saturated carbocycles. The molecule has 0 radical (unpaired) electrons. The molecule has 0 spiro atoms. The van der Waals surface area contributed by atoms with E-state index in [0.717, 1.165) is 19.5 Å². The lowest BCUT2D eigenvalue weighted by Crippen LogP contribution is -2.44. The maximum atomic E-state index is 12.6. The van der Waals surface area contributed by atoms with E-state index in [-0.39, 0.29) is 23.4 Å². The summed E-state index contributed by atoms with van der Waals surface area (Å²) in [5.41, 5.74) is 2.05. The van der Waals surface area contributed by atoms with Crippen molar-refractivity contribution in [2.45, 2.75) is 64.8 Å². The molecule has 0 atom stereocenters. The molecule has 0 unspecified atom stereocenters. The van der Waals surface area contributed by atoms with Crippen molar-refractivity contribution in [1.29, 1.82) is 0 Å². The van der Waals surface area contributed by atoms with Crippen LogP contribution in [0.4, 0.5) is 4.79 Å². The van der Waals surface area contributed by atoms with Crippen LogP contribution in [0.5, 0.6) is 5.75 Å². The minimum Gasteiger partial charge on any atom is -0.483 e. The van der Waals surface area contributed by atoms with Crippen molar-refractivity contribution < 1.29 is 18.7 Å². The van der Waals surface area contributed by atoms with Crippen LogP contribution in [-0.4, -0.2) is 47.2 Å². The molecule has 0 bridgehead atoms. The molecule has 2 aliphatic rings. The number of fused-ring (bicyclic) bond motifs is 1. The SMILES string of the molecule is CC(C)(C)OC(=O)N1CCC(Oc2coc(CN3CCc4ccccc4C3)cc2=O)CC1. The Labute approximate surface area is 188 Å². The van der Waals surface area contributed by atoms with Gasteiger partial charge in [0.1, 0.15) is 23.7 Å². The van der Waals surface area contributed by atoms with Gasteiger partial charge in [-0.2, -0.15) is 0 Å². The second kappa shape index (κ2) is 9.36. The summed E-state index contributed by atoms with van der Waals surface area (Å²) in [6.45, 7) is 9.04. The van der Waals surface area contributed by atoms with E-state index in [1.165, 1.54) is 23.5 Å². The van der Waals surface area contributed by atoms with Gasteiger partial charge in [0.25, 0.3) is 0 Å². The van der Waals surface area contributed by atoms with E-state index >= 15 is 0 Å². The van der Waals surface area contributed by atoms with Crippen LogP contribution in [-0.2, 0) is 24.2 Å². The molecule has 1 aromatic heterocycles.